The molecule has 0 aromatic heterocycles. The first-order chi connectivity index (χ1) is 12.6. The summed E-state index contributed by atoms with van der Waals surface area (Å²) in [5.74, 6) is -0.389. The lowest BCUT2D eigenvalue weighted by molar-refractivity contribution is -0.384. The third kappa shape index (κ3) is 6.49. The molecule has 0 fully saturated rings. The second-order valence-corrected chi connectivity index (χ2v) is 5.59. The van der Waals surface area contributed by atoms with Crippen LogP contribution in [0.25, 0.3) is 0 Å². The molecule has 0 saturated carbocycles. The minimum absolute atomic E-state index is 0.0478. The lowest BCUT2D eigenvalue weighted by Gasteiger charge is -2.16. The molecule has 0 heterocycles. The van der Waals surface area contributed by atoms with E-state index in [-0.39, 0.29) is 17.1 Å². The van der Waals surface area contributed by atoms with E-state index in [1.54, 1.807) is 6.92 Å². The van der Waals surface area contributed by atoms with Gasteiger partial charge in [0.25, 0.3) is 5.69 Å². The van der Waals surface area contributed by atoms with E-state index >= 15 is 0 Å². The third-order valence-electron chi connectivity index (χ3n) is 3.36. The van der Waals surface area contributed by atoms with Crippen molar-refractivity contribution in [2.45, 2.75) is 19.1 Å². The van der Waals surface area contributed by atoms with Crippen molar-refractivity contribution < 1.29 is 27.6 Å². The SMILES string of the molecule is CC(Nc1ccc(OCC(F)(F)F)cc1)C(=O)Nc1cccc([N+](=O)[O-])c1. The van der Waals surface area contributed by atoms with Crippen molar-refractivity contribution in [2.75, 3.05) is 17.2 Å². The molecule has 2 rings (SSSR count). The summed E-state index contributed by atoms with van der Waals surface area (Å²) in [6.07, 6.45) is -4.42. The summed E-state index contributed by atoms with van der Waals surface area (Å²) in [5.41, 5.74) is 0.623. The largest absolute Gasteiger partial charge is 0.484 e. The van der Waals surface area contributed by atoms with Crippen molar-refractivity contribution in [1.82, 2.24) is 0 Å². The topological polar surface area (TPSA) is 93.5 Å². The Bertz CT molecular complexity index is 810. The highest BCUT2D eigenvalue weighted by molar-refractivity contribution is 5.96. The Balaban J connectivity index is 1.92. The number of halogens is 3. The molecule has 0 radical (unpaired) electrons. The Morgan fingerprint density at radius 2 is 1.85 bits per heavy atom. The number of benzene rings is 2. The summed E-state index contributed by atoms with van der Waals surface area (Å²) >= 11 is 0. The zero-order valence-electron chi connectivity index (χ0n) is 14.1. The van der Waals surface area contributed by atoms with Crippen molar-refractivity contribution in [3.63, 3.8) is 0 Å². The molecule has 1 amide bonds. The molecule has 144 valence electrons. The van der Waals surface area contributed by atoms with Crippen molar-refractivity contribution in [3.8, 4) is 5.75 Å². The Morgan fingerprint density at radius 3 is 2.44 bits per heavy atom. The molecule has 2 aromatic carbocycles. The third-order valence-corrected chi connectivity index (χ3v) is 3.36. The molecule has 7 nitrogen and oxygen atoms in total. The van der Waals surface area contributed by atoms with Crippen LogP contribution in [0.2, 0.25) is 0 Å². The predicted octanol–water partition coefficient (Wildman–Crippen LogP) is 3.98. The van der Waals surface area contributed by atoms with Crippen LogP contribution < -0.4 is 15.4 Å². The number of nitro benzene ring substituents is 1. The Labute approximate surface area is 152 Å². The zero-order chi connectivity index (χ0) is 20.0. The van der Waals surface area contributed by atoms with Crippen molar-refractivity contribution in [2.24, 2.45) is 0 Å². The molecule has 1 unspecified atom stereocenters. The first kappa shape index (κ1) is 20.0. The molecule has 0 aliphatic heterocycles. The number of hydrogen-bond donors (Lipinski definition) is 2. The molecule has 1 atom stereocenters. The highest BCUT2D eigenvalue weighted by Gasteiger charge is 2.28. The van der Waals surface area contributed by atoms with Gasteiger partial charge in [0.2, 0.25) is 5.91 Å². The fourth-order valence-corrected chi connectivity index (χ4v) is 2.08. The van der Waals surface area contributed by atoms with Crippen molar-refractivity contribution >= 4 is 23.0 Å². The van der Waals surface area contributed by atoms with Gasteiger partial charge in [-0.25, -0.2) is 0 Å². The van der Waals surface area contributed by atoms with Gasteiger partial charge in [-0.05, 0) is 37.3 Å². The van der Waals surface area contributed by atoms with Gasteiger partial charge in [0.15, 0.2) is 6.61 Å². The van der Waals surface area contributed by atoms with E-state index in [0.717, 1.165) is 0 Å². The number of nitrogens with one attached hydrogen (secondary N) is 2. The number of hydrogen-bond acceptors (Lipinski definition) is 5. The van der Waals surface area contributed by atoms with E-state index < -0.39 is 29.7 Å². The number of carbonyl (C=O) groups excluding carboxylic acids is 1. The van der Waals surface area contributed by atoms with Crippen LogP contribution in [0.1, 0.15) is 6.92 Å². The maximum atomic E-state index is 12.2. The van der Waals surface area contributed by atoms with Gasteiger partial charge >= 0.3 is 6.18 Å². The molecule has 0 spiro atoms. The highest BCUT2D eigenvalue weighted by Crippen LogP contribution is 2.21. The van der Waals surface area contributed by atoms with Crippen molar-refractivity contribution in [1.29, 1.82) is 0 Å². The number of rotatable bonds is 7. The first-order valence-corrected chi connectivity index (χ1v) is 7.75. The van der Waals surface area contributed by atoms with E-state index in [9.17, 15) is 28.1 Å². The quantitative estimate of drug-likeness (QED) is 0.557. The number of alkyl halides is 3. The van der Waals surface area contributed by atoms with Crippen LogP contribution in [0.3, 0.4) is 0 Å². The van der Waals surface area contributed by atoms with Gasteiger partial charge in [-0.3, -0.25) is 14.9 Å². The molecule has 0 bridgehead atoms. The van der Waals surface area contributed by atoms with Crippen LogP contribution in [0.15, 0.2) is 48.5 Å². The Hall–Kier alpha value is -3.30. The normalized spacial score (nSPS) is 12.1. The molecule has 10 heteroatoms. The summed E-state index contributed by atoms with van der Waals surface area (Å²) < 4.78 is 40.9. The smallest absolute Gasteiger partial charge is 0.422 e. The maximum absolute atomic E-state index is 12.2. The second kappa shape index (κ2) is 8.39. The number of amides is 1. The number of non-ortho nitro benzene ring substituents is 1. The van der Waals surface area contributed by atoms with Crippen LogP contribution in [-0.4, -0.2) is 29.7 Å². The minimum Gasteiger partial charge on any atom is -0.484 e. The standard InChI is InChI=1S/C17H16F3N3O4/c1-11(16(24)22-13-3-2-4-14(9-13)23(25)26)21-12-5-7-15(8-6-12)27-10-17(18,19)20/h2-9,11,21H,10H2,1H3,(H,22,24). The summed E-state index contributed by atoms with van der Waals surface area (Å²) in [6.45, 7) is 0.183. The van der Waals surface area contributed by atoms with Gasteiger partial charge in [0.1, 0.15) is 11.8 Å². The fourth-order valence-electron chi connectivity index (χ4n) is 2.08. The van der Waals surface area contributed by atoms with E-state index in [4.69, 9.17) is 0 Å². The summed E-state index contributed by atoms with van der Waals surface area (Å²) in [7, 11) is 0. The van der Waals surface area contributed by atoms with E-state index in [2.05, 4.69) is 15.4 Å². The molecule has 2 aromatic rings. The Kier molecular flexibility index (Phi) is 6.22. The van der Waals surface area contributed by atoms with Gasteiger partial charge in [-0.15, -0.1) is 0 Å². The summed E-state index contributed by atoms with van der Waals surface area (Å²) in [6, 6.07) is 10.4. The lowest BCUT2D eigenvalue weighted by atomic mass is 10.2. The molecule has 0 aliphatic rings. The number of ether oxygens (including phenoxy) is 1. The number of nitrogens with zero attached hydrogens (tertiary/aromatic N) is 1. The second-order valence-electron chi connectivity index (χ2n) is 5.59. The highest BCUT2D eigenvalue weighted by atomic mass is 19.4. The van der Waals surface area contributed by atoms with Crippen LogP contribution in [0.5, 0.6) is 5.75 Å². The van der Waals surface area contributed by atoms with E-state index in [1.807, 2.05) is 0 Å². The van der Waals surface area contributed by atoms with Gasteiger partial charge in [0.05, 0.1) is 4.92 Å². The zero-order valence-corrected chi connectivity index (χ0v) is 14.1. The van der Waals surface area contributed by atoms with Crippen LogP contribution in [-0.2, 0) is 4.79 Å². The molecular formula is C17H16F3N3O4. The van der Waals surface area contributed by atoms with Crippen molar-refractivity contribution in [3.05, 3.63) is 58.6 Å². The monoisotopic (exact) mass is 383 g/mol. The maximum Gasteiger partial charge on any atom is 0.422 e. The lowest BCUT2D eigenvalue weighted by Crippen LogP contribution is -2.31. The van der Waals surface area contributed by atoms with Crippen LogP contribution in [0.4, 0.5) is 30.2 Å². The average molecular weight is 383 g/mol. The Morgan fingerprint density at radius 1 is 1.19 bits per heavy atom. The first-order valence-electron chi connectivity index (χ1n) is 7.75. The van der Waals surface area contributed by atoms with Gasteiger partial charge in [-0.2, -0.15) is 13.2 Å². The molecule has 2 N–H and O–H groups in total. The van der Waals surface area contributed by atoms with Crippen LogP contribution >= 0.6 is 0 Å². The molecule has 0 aliphatic carbocycles. The minimum atomic E-state index is -4.42. The number of nitro groups is 1. The van der Waals surface area contributed by atoms with Gasteiger partial charge < -0.3 is 15.4 Å². The van der Waals surface area contributed by atoms with E-state index in [1.165, 1.54) is 48.5 Å². The molecule has 27 heavy (non-hydrogen) atoms. The molecule has 0 saturated heterocycles. The number of carbonyl (C=O) groups is 1. The van der Waals surface area contributed by atoms with Gasteiger partial charge in [0, 0.05) is 23.5 Å². The fraction of sp³-hybridized carbons (Fsp3) is 0.235. The predicted molar refractivity (Wildman–Crippen MR) is 92.8 cm³/mol. The summed E-state index contributed by atoms with van der Waals surface area (Å²) in [4.78, 5) is 22.4. The van der Waals surface area contributed by atoms with E-state index in [0.29, 0.717) is 5.69 Å². The molecular weight excluding hydrogens is 367 g/mol. The number of anilines is 2. The van der Waals surface area contributed by atoms with Crippen LogP contribution in [0, 0.1) is 10.1 Å². The average Bonchev–Trinajstić information content (AvgIpc) is 2.60. The summed E-state index contributed by atoms with van der Waals surface area (Å²) in [5, 5.41) is 16.2. The van der Waals surface area contributed by atoms with Gasteiger partial charge in [-0.1, -0.05) is 6.07 Å².